The molecule has 3 amide bonds. The summed E-state index contributed by atoms with van der Waals surface area (Å²) in [7, 11) is 1.52. The van der Waals surface area contributed by atoms with Crippen LogP contribution < -0.4 is 24.7 Å². The van der Waals surface area contributed by atoms with Gasteiger partial charge < -0.3 is 15.0 Å². The average Bonchev–Trinajstić information content (AvgIpc) is 3.51. The number of imide groups is 1. The van der Waals surface area contributed by atoms with Crippen LogP contribution in [0.15, 0.2) is 82.6 Å². The van der Waals surface area contributed by atoms with Crippen LogP contribution in [0.25, 0.3) is 0 Å². The van der Waals surface area contributed by atoms with Crippen LogP contribution in [0.5, 0.6) is 5.75 Å². The normalized spacial score (nSPS) is 18.8. The van der Waals surface area contributed by atoms with Gasteiger partial charge in [-0.2, -0.15) is 13.2 Å². The molecule has 1 fully saturated rings. The highest BCUT2D eigenvalue weighted by Gasteiger charge is 2.57. The van der Waals surface area contributed by atoms with Crippen LogP contribution in [-0.4, -0.2) is 47.7 Å². The lowest BCUT2D eigenvalue weighted by atomic mass is 9.83. The minimum atomic E-state index is -4.81. The number of methoxy groups -OCH3 is 1. The number of amides is 3. The van der Waals surface area contributed by atoms with Gasteiger partial charge in [-0.05, 0) is 67.9 Å². The second-order valence-corrected chi connectivity index (χ2v) is 13.4. The number of halogens is 3. The van der Waals surface area contributed by atoms with Gasteiger partial charge in [0.25, 0.3) is 0 Å². The van der Waals surface area contributed by atoms with Gasteiger partial charge in [0.2, 0.25) is 17.7 Å². The van der Waals surface area contributed by atoms with E-state index in [9.17, 15) is 32.3 Å². The Morgan fingerprint density at radius 1 is 0.938 bits per heavy atom. The van der Waals surface area contributed by atoms with Crippen LogP contribution in [0.2, 0.25) is 0 Å². The van der Waals surface area contributed by atoms with Crippen LogP contribution >= 0.6 is 23.1 Å². The summed E-state index contributed by atoms with van der Waals surface area (Å²) in [4.78, 5) is 57.6. The summed E-state index contributed by atoms with van der Waals surface area (Å²) < 4.78 is 48.6. The monoisotopic (exact) mass is 696 g/mol. The average molecular weight is 697 g/mol. The highest BCUT2D eigenvalue weighted by atomic mass is 32.2. The minimum Gasteiger partial charge on any atom is -0.497 e. The third-order valence-corrected chi connectivity index (χ3v) is 11.2. The third kappa shape index (κ3) is 5.98. The molecular weight excluding hydrogens is 666 g/mol. The molecule has 1 saturated heterocycles. The number of ether oxygens (including phenoxy) is 1. The van der Waals surface area contributed by atoms with Crippen molar-refractivity contribution in [1.29, 1.82) is 0 Å². The number of rotatable bonds is 9. The van der Waals surface area contributed by atoms with E-state index in [1.54, 1.807) is 24.3 Å². The maximum atomic E-state index is 14.2. The van der Waals surface area contributed by atoms with E-state index in [1.165, 1.54) is 23.8 Å². The van der Waals surface area contributed by atoms with E-state index in [0.29, 0.717) is 31.8 Å². The second-order valence-electron chi connectivity index (χ2n) is 11.2. The highest BCUT2D eigenvalue weighted by Crippen LogP contribution is 2.54. The van der Waals surface area contributed by atoms with E-state index in [-0.39, 0.29) is 6.54 Å². The number of hydrogen-bond donors (Lipinski definition) is 1. The van der Waals surface area contributed by atoms with Gasteiger partial charge in [0.1, 0.15) is 17.5 Å². The van der Waals surface area contributed by atoms with Gasteiger partial charge in [-0.25, -0.2) is 4.90 Å². The summed E-state index contributed by atoms with van der Waals surface area (Å²) >= 11 is 1.81. The molecule has 0 spiro atoms. The number of hydrogen-bond acceptors (Lipinski definition) is 8. The molecule has 0 bridgehead atoms. The molecule has 3 atom stereocenters. The molecule has 250 valence electrons. The number of nitrogens with zero attached hydrogens (tertiary/aromatic N) is 3. The maximum Gasteiger partial charge on any atom is 0.418 e. The molecule has 0 aliphatic carbocycles. The van der Waals surface area contributed by atoms with Crippen molar-refractivity contribution in [1.82, 2.24) is 4.57 Å². The number of aromatic nitrogens is 1. The molecule has 3 aromatic carbocycles. The number of nitrogens with one attached hydrogen (secondary N) is 1. The zero-order valence-corrected chi connectivity index (χ0v) is 27.7. The van der Waals surface area contributed by atoms with Crippen molar-refractivity contribution in [2.75, 3.05) is 35.3 Å². The third-order valence-electron chi connectivity index (χ3n) is 8.56. The quantitative estimate of drug-likeness (QED) is 0.208. The second kappa shape index (κ2) is 13.2. The largest absolute Gasteiger partial charge is 0.497 e. The van der Waals surface area contributed by atoms with E-state index in [0.717, 1.165) is 54.0 Å². The predicted octanol–water partition coefficient (Wildman–Crippen LogP) is 6.22. The smallest absolute Gasteiger partial charge is 0.418 e. The SMILES string of the molecule is CCN(CC)c1ccc([C@@H]2c3sc(=O)n(CC(=O)Nc4ccc(OC)cc4)c3S[C@H]3C(=O)N(c4ccccc4C(F)(F)F)C(=O)[C@@H]23)cc1. The Morgan fingerprint density at radius 2 is 1.60 bits per heavy atom. The van der Waals surface area contributed by atoms with Gasteiger partial charge in [0.15, 0.2) is 0 Å². The van der Waals surface area contributed by atoms with Crippen molar-refractivity contribution in [3.8, 4) is 5.75 Å². The van der Waals surface area contributed by atoms with Crippen molar-refractivity contribution >= 4 is 57.9 Å². The maximum absolute atomic E-state index is 14.2. The van der Waals surface area contributed by atoms with Gasteiger partial charge in [0.05, 0.1) is 29.3 Å². The Kier molecular flexibility index (Phi) is 9.14. The molecule has 2 aliphatic heterocycles. The minimum absolute atomic E-state index is 0.334. The van der Waals surface area contributed by atoms with Crippen molar-refractivity contribution in [3.05, 3.63) is 98.5 Å². The number of para-hydroxylation sites is 1. The van der Waals surface area contributed by atoms with Crippen molar-refractivity contribution in [2.45, 2.75) is 42.8 Å². The first kappa shape index (κ1) is 33.3. The zero-order valence-electron chi connectivity index (χ0n) is 26.1. The van der Waals surface area contributed by atoms with Gasteiger partial charge in [-0.3, -0.25) is 23.7 Å². The Hall–Kier alpha value is -4.56. The van der Waals surface area contributed by atoms with Gasteiger partial charge >= 0.3 is 11.0 Å². The zero-order chi connectivity index (χ0) is 34.3. The van der Waals surface area contributed by atoms with Gasteiger partial charge in [-0.15, -0.1) is 0 Å². The Bertz CT molecular complexity index is 1920. The first-order chi connectivity index (χ1) is 23.0. The summed E-state index contributed by atoms with van der Waals surface area (Å²) in [6, 6.07) is 18.6. The number of carbonyl (C=O) groups excluding carboxylic acids is 3. The van der Waals surface area contributed by atoms with Crippen LogP contribution in [0, 0.1) is 5.92 Å². The molecule has 0 radical (unpaired) electrons. The first-order valence-electron chi connectivity index (χ1n) is 15.2. The highest BCUT2D eigenvalue weighted by molar-refractivity contribution is 8.00. The Balaban J connectivity index is 1.42. The van der Waals surface area contributed by atoms with E-state index >= 15 is 0 Å². The van der Waals surface area contributed by atoms with Crippen molar-refractivity contribution in [3.63, 3.8) is 0 Å². The predicted molar refractivity (Wildman–Crippen MR) is 179 cm³/mol. The fourth-order valence-electron chi connectivity index (χ4n) is 6.26. The van der Waals surface area contributed by atoms with Crippen LogP contribution in [0.1, 0.15) is 35.8 Å². The van der Waals surface area contributed by atoms with E-state index in [2.05, 4.69) is 10.2 Å². The molecule has 1 aromatic heterocycles. The molecule has 48 heavy (non-hydrogen) atoms. The van der Waals surface area contributed by atoms with E-state index < -0.39 is 57.1 Å². The number of alkyl halides is 3. The van der Waals surface area contributed by atoms with Crippen LogP contribution in [0.3, 0.4) is 0 Å². The number of anilines is 3. The van der Waals surface area contributed by atoms with Crippen LogP contribution in [-0.2, 0) is 27.1 Å². The molecule has 6 rings (SSSR count). The standard InChI is InChI=1S/C34H31F3N4O5S2/c1-4-39(5-2)21-14-10-19(11-15-21)26-27-28(31(44)41(30(27)43)24-9-7-6-8-23(24)34(35,36)37)47-32-29(26)48-33(45)40(32)18-25(42)38-20-12-16-22(46-3)17-13-20/h6-17,26-28H,4-5,18H2,1-3H3,(H,38,42)/t26-,27-,28+/m0/s1. The molecule has 0 saturated carbocycles. The van der Waals surface area contributed by atoms with Gasteiger partial charge in [0, 0.05) is 35.3 Å². The summed E-state index contributed by atoms with van der Waals surface area (Å²) in [5.41, 5.74) is 0.404. The molecular formula is C34H31F3N4O5S2. The lowest BCUT2D eigenvalue weighted by Crippen LogP contribution is -2.33. The Morgan fingerprint density at radius 3 is 2.23 bits per heavy atom. The fourth-order valence-corrected chi connectivity index (χ4v) is 9.03. The molecule has 14 heteroatoms. The summed E-state index contributed by atoms with van der Waals surface area (Å²) in [6.45, 7) is 5.18. The van der Waals surface area contributed by atoms with Crippen molar-refractivity contribution < 1.29 is 32.3 Å². The molecule has 4 aromatic rings. The fraction of sp³-hybridized carbons (Fsp3) is 0.294. The lowest BCUT2D eigenvalue weighted by molar-refractivity contribution is -0.137. The molecule has 1 N–H and O–H groups in total. The molecule has 9 nitrogen and oxygen atoms in total. The summed E-state index contributed by atoms with van der Waals surface area (Å²) in [5.74, 6) is -3.39. The number of benzene rings is 3. The van der Waals surface area contributed by atoms with Gasteiger partial charge in [-0.1, -0.05) is 47.4 Å². The van der Waals surface area contributed by atoms with Crippen molar-refractivity contribution in [2.24, 2.45) is 5.92 Å². The van der Waals surface area contributed by atoms with E-state index in [4.69, 9.17) is 4.74 Å². The van der Waals surface area contributed by atoms with Crippen LogP contribution in [0.4, 0.5) is 30.2 Å². The Labute approximate surface area is 282 Å². The molecule has 2 aliphatic rings. The topological polar surface area (TPSA) is 101 Å². The number of fused-ring (bicyclic) bond motifs is 2. The molecule has 0 unspecified atom stereocenters. The number of carbonyl (C=O) groups is 3. The summed E-state index contributed by atoms with van der Waals surface area (Å²) in [5, 5.41) is 1.95. The summed E-state index contributed by atoms with van der Waals surface area (Å²) in [6.07, 6.45) is -4.81. The van der Waals surface area contributed by atoms with E-state index in [1.807, 2.05) is 38.1 Å². The number of thiazole rings is 1. The first-order valence-corrected chi connectivity index (χ1v) is 16.9. The lowest BCUT2D eigenvalue weighted by Gasteiger charge is -2.31. The number of thioether (sulfide) groups is 1. The molecule has 3 heterocycles.